The molecule has 164 valence electrons. The van der Waals surface area contributed by atoms with Gasteiger partial charge in [0.25, 0.3) is 0 Å². The monoisotopic (exact) mass is 404 g/mol. The summed E-state index contributed by atoms with van der Waals surface area (Å²) in [6.45, 7) is 3.24. The fourth-order valence-electron chi connectivity index (χ4n) is 3.21. The molecule has 0 saturated carbocycles. The van der Waals surface area contributed by atoms with Crippen LogP contribution < -0.4 is 0 Å². The molecule has 0 bridgehead atoms. The molecule has 0 aliphatic rings. The Bertz CT molecular complexity index is 527. The topological polar surface area (TPSA) is 52.6 Å². The largest absolute Gasteiger partial charge is 0.466 e. The first kappa shape index (κ1) is 25.2. The van der Waals surface area contributed by atoms with E-state index in [4.69, 9.17) is 9.47 Å². The van der Waals surface area contributed by atoms with Crippen LogP contribution in [0.4, 0.5) is 0 Å². The first-order chi connectivity index (χ1) is 14.2. The van der Waals surface area contributed by atoms with E-state index in [1.54, 1.807) is 0 Å². The fourth-order valence-corrected chi connectivity index (χ4v) is 3.21. The van der Waals surface area contributed by atoms with Gasteiger partial charge >= 0.3 is 11.9 Å². The number of rotatable bonds is 18. The van der Waals surface area contributed by atoms with Gasteiger partial charge in [-0.3, -0.25) is 9.59 Å². The molecule has 29 heavy (non-hydrogen) atoms. The van der Waals surface area contributed by atoms with Crippen molar-refractivity contribution in [3.63, 3.8) is 0 Å². The average Bonchev–Trinajstić information content (AvgIpc) is 2.73. The number of ether oxygens (including phenoxy) is 2. The van der Waals surface area contributed by atoms with Crippen molar-refractivity contribution in [2.24, 2.45) is 0 Å². The lowest BCUT2D eigenvalue weighted by Gasteiger charge is -2.06. The molecule has 0 radical (unpaired) electrons. The second-order valence-electron chi connectivity index (χ2n) is 7.71. The first-order valence-corrected chi connectivity index (χ1v) is 11.6. The number of aryl methyl sites for hydroxylation is 1. The van der Waals surface area contributed by atoms with Crippen LogP contribution in [-0.2, 0) is 25.5 Å². The number of carbonyl (C=O) groups excluding carboxylic acids is 2. The van der Waals surface area contributed by atoms with Gasteiger partial charge in [-0.05, 0) is 37.7 Å². The van der Waals surface area contributed by atoms with E-state index in [-0.39, 0.29) is 11.9 Å². The van der Waals surface area contributed by atoms with E-state index >= 15 is 0 Å². The minimum Gasteiger partial charge on any atom is -0.466 e. The quantitative estimate of drug-likeness (QED) is 0.210. The highest BCUT2D eigenvalue weighted by Crippen LogP contribution is 2.09. The predicted molar refractivity (Wildman–Crippen MR) is 118 cm³/mol. The highest BCUT2D eigenvalue weighted by atomic mass is 16.5. The summed E-state index contributed by atoms with van der Waals surface area (Å²) in [5.41, 5.74) is 1.27. The average molecular weight is 405 g/mol. The molecule has 1 aromatic rings. The summed E-state index contributed by atoms with van der Waals surface area (Å²) in [7, 11) is 0. The Morgan fingerprint density at radius 2 is 1.17 bits per heavy atom. The van der Waals surface area contributed by atoms with Gasteiger partial charge in [0.2, 0.25) is 0 Å². The van der Waals surface area contributed by atoms with Crippen LogP contribution in [0.25, 0.3) is 0 Å². The molecule has 0 N–H and O–H groups in total. The van der Waals surface area contributed by atoms with Crippen molar-refractivity contribution >= 4 is 11.9 Å². The van der Waals surface area contributed by atoms with Crippen molar-refractivity contribution < 1.29 is 19.1 Å². The lowest BCUT2D eigenvalue weighted by molar-refractivity contribution is -0.144. The van der Waals surface area contributed by atoms with Gasteiger partial charge in [-0.1, -0.05) is 82.2 Å². The molecule has 0 fully saturated rings. The predicted octanol–water partition coefficient (Wildman–Crippen LogP) is 6.41. The van der Waals surface area contributed by atoms with Crippen LogP contribution in [0, 0.1) is 0 Å². The Hall–Kier alpha value is -1.84. The third-order valence-electron chi connectivity index (χ3n) is 4.99. The van der Waals surface area contributed by atoms with E-state index in [0.29, 0.717) is 26.1 Å². The molecule has 0 unspecified atom stereocenters. The molecule has 0 amide bonds. The van der Waals surface area contributed by atoms with Crippen molar-refractivity contribution in [3.8, 4) is 0 Å². The Morgan fingerprint density at radius 3 is 1.79 bits per heavy atom. The maximum atomic E-state index is 11.7. The molecule has 1 rings (SSSR count). The minimum absolute atomic E-state index is 0.112. The van der Waals surface area contributed by atoms with Crippen molar-refractivity contribution in [1.29, 1.82) is 0 Å². The van der Waals surface area contributed by atoms with E-state index in [1.165, 1.54) is 37.7 Å². The molecular formula is C25H40O4. The van der Waals surface area contributed by atoms with Gasteiger partial charge in [0, 0.05) is 12.8 Å². The Balaban J connectivity index is 1.85. The standard InChI is InChI=1S/C25H40O4/c1-2-3-4-5-6-7-14-21-28-24(26)19-12-9-13-20-25(27)29-22-15-18-23-16-10-8-11-17-23/h8,10-11,16-17H,2-7,9,12-15,18-22H2,1H3. The highest BCUT2D eigenvalue weighted by Gasteiger charge is 2.05. The summed E-state index contributed by atoms with van der Waals surface area (Å²) < 4.78 is 10.5. The van der Waals surface area contributed by atoms with Crippen LogP contribution in [0.5, 0.6) is 0 Å². The maximum absolute atomic E-state index is 11.7. The lowest BCUT2D eigenvalue weighted by atomic mass is 10.1. The Kier molecular flexibility index (Phi) is 15.8. The SMILES string of the molecule is CCCCCCCCCOC(=O)CCCCCC(=O)OCCCc1ccccc1. The van der Waals surface area contributed by atoms with Gasteiger partial charge in [-0.15, -0.1) is 0 Å². The molecule has 0 aliphatic heterocycles. The van der Waals surface area contributed by atoms with Crippen molar-refractivity contribution in [2.45, 2.75) is 96.8 Å². The van der Waals surface area contributed by atoms with E-state index in [9.17, 15) is 9.59 Å². The second kappa shape index (κ2) is 18.2. The zero-order valence-electron chi connectivity index (χ0n) is 18.3. The molecule has 0 spiro atoms. The molecule has 4 heteroatoms. The van der Waals surface area contributed by atoms with Crippen molar-refractivity contribution in [1.82, 2.24) is 0 Å². The van der Waals surface area contributed by atoms with E-state index < -0.39 is 0 Å². The third kappa shape index (κ3) is 15.7. The van der Waals surface area contributed by atoms with Crippen molar-refractivity contribution in [3.05, 3.63) is 35.9 Å². The van der Waals surface area contributed by atoms with Gasteiger partial charge in [-0.25, -0.2) is 0 Å². The minimum atomic E-state index is -0.139. The fraction of sp³-hybridized carbons (Fsp3) is 0.680. The van der Waals surface area contributed by atoms with Crippen LogP contribution in [-0.4, -0.2) is 25.2 Å². The Labute approximate surface area is 177 Å². The third-order valence-corrected chi connectivity index (χ3v) is 4.99. The number of hydrogen-bond acceptors (Lipinski definition) is 4. The number of benzene rings is 1. The molecule has 0 atom stereocenters. The second-order valence-corrected chi connectivity index (χ2v) is 7.71. The van der Waals surface area contributed by atoms with Gasteiger partial charge in [0.05, 0.1) is 13.2 Å². The molecule has 0 heterocycles. The van der Waals surface area contributed by atoms with Crippen LogP contribution in [0.3, 0.4) is 0 Å². The van der Waals surface area contributed by atoms with Crippen LogP contribution in [0.15, 0.2) is 30.3 Å². The zero-order chi connectivity index (χ0) is 21.0. The van der Waals surface area contributed by atoms with E-state index in [2.05, 4.69) is 19.1 Å². The summed E-state index contributed by atoms with van der Waals surface area (Å²) >= 11 is 0. The molecule has 4 nitrogen and oxygen atoms in total. The zero-order valence-corrected chi connectivity index (χ0v) is 18.3. The normalized spacial score (nSPS) is 10.7. The van der Waals surface area contributed by atoms with E-state index in [0.717, 1.165) is 44.9 Å². The summed E-state index contributed by atoms with van der Waals surface area (Å²) in [5, 5.41) is 0. The number of unbranched alkanes of at least 4 members (excludes halogenated alkanes) is 8. The Morgan fingerprint density at radius 1 is 0.655 bits per heavy atom. The van der Waals surface area contributed by atoms with E-state index in [1.807, 2.05) is 18.2 Å². The summed E-state index contributed by atoms with van der Waals surface area (Å²) in [6, 6.07) is 10.2. The summed E-state index contributed by atoms with van der Waals surface area (Å²) in [5.74, 6) is -0.251. The molecule has 1 aromatic carbocycles. The molecule has 0 aliphatic carbocycles. The molecule has 0 saturated heterocycles. The number of hydrogen-bond donors (Lipinski definition) is 0. The first-order valence-electron chi connectivity index (χ1n) is 11.6. The van der Waals surface area contributed by atoms with Gasteiger partial charge in [0.15, 0.2) is 0 Å². The van der Waals surface area contributed by atoms with Crippen LogP contribution >= 0.6 is 0 Å². The van der Waals surface area contributed by atoms with Gasteiger partial charge in [-0.2, -0.15) is 0 Å². The molecular weight excluding hydrogens is 364 g/mol. The van der Waals surface area contributed by atoms with Crippen LogP contribution in [0.1, 0.15) is 96.0 Å². The van der Waals surface area contributed by atoms with Gasteiger partial charge in [0.1, 0.15) is 0 Å². The smallest absolute Gasteiger partial charge is 0.305 e. The lowest BCUT2D eigenvalue weighted by Crippen LogP contribution is -2.07. The van der Waals surface area contributed by atoms with Crippen molar-refractivity contribution in [2.75, 3.05) is 13.2 Å². The molecule has 0 aromatic heterocycles. The highest BCUT2D eigenvalue weighted by molar-refractivity contribution is 5.69. The number of carbonyl (C=O) groups is 2. The summed E-state index contributed by atoms with van der Waals surface area (Å²) in [6.07, 6.45) is 13.6. The summed E-state index contributed by atoms with van der Waals surface area (Å²) in [4.78, 5) is 23.4. The maximum Gasteiger partial charge on any atom is 0.305 e. The van der Waals surface area contributed by atoms with Gasteiger partial charge < -0.3 is 9.47 Å². The number of esters is 2. The van der Waals surface area contributed by atoms with Crippen LogP contribution in [0.2, 0.25) is 0 Å².